The number of ether oxygens (including phenoxy) is 2. The fraction of sp³-hybridized carbons (Fsp3) is 0.296. The Morgan fingerprint density at radius 2 is 1.85 bits per heavy atom. The van der Waals surface area contributed by atoms with Crippen LogP contribution in [0.15, 0.2) is 60.8 Å². The summed E-state index contributed by atoms with van der Waals surface area (Å²) >= 11 is 0. The maximum absolute atomic E-state index is 13.3. The molecule has 0 saturated heterocycles. The van der Waals surface area contributed by atoms with E-state index in [4.69, 9.17) is 9.47 Å². The van der Waals surface area contributed by atoms with Crippen molar-refractivity contribution in [1.82, 2.24) is 19.3 Å². The van der Waals surface area contributed by atoms with Gasteiger partial charge in [0.25, 0.3) is 5.91 Å². The minimum absolute atomic E-state index is 0.0784. The normalized spacial score (nSPS) is 11.8. The van der Waals surface area contributed by atoms with Crippen molar-refractivity contribution in [1.29, 1.82) is 0 Å². The highest BCUT2D eigenvalue weighted by Gasteiger charge is 2.22. The SMILES string of the molecule is CCOc1nc(Nc2ccc(C(=O)NCC(C)(C)O)cc2OC)nc2c1ccn2S(=O)(=O)Cc1ccccc1. The summed E-state index contributed by atoms with van der Waals surface area (Å²) < 4.78 is 38.9. The second kappa shape index (κ2) is 11.3. The predicted molar refractivity (Wildman–Crippen MR) is 148 cm³/mol. The summed E-state index contributed by atoms with van der Waals surface area (Å²) in [5.74, 6) is 0.0528. The van der Waals surface area contributed by atoms with Gasteiger partial charge in [0.15, 0.2) is 5.65 Å². The molecule has 0 atom stereocenters. The number of nitrogens with zero attached hydrogens (tertiary/aromatic N) is 3. The fourth-order valence-electron chi connectivity index (χ4n) is 3.80. The number of aliphatic hydroxyl groups is 1. The van der Waals surface area contributed by atoms with E-state index in [1.54, 1.807) is 63.2 Å². The zero-order chi connectivity index (χ0) is 28.2. The van der Waals surface area contributed by atoms with Crippen LogP contribution in [-0.4, -0.2) is 59.2 Å². The van der Waals surface area contributed by atoms with Gasteiger partial charge in [-0.2, -0.15) is 9.97 Å². The molecule has 3 N–H and O–H groups in total. The van der Waals surface area contributed by atoms with Crippen molar-refractivity contribution in [3.05, 3.63) is 71.9 Å². The number of benzene rings is 2. The number of methoxy groups -OCH3 is 1. The molecule has 11 nitrogen and oxygen atoms in total. The standard InChI is InChI=1S/C27H31N5O6S/c1-5-38-25-20-13-14-32(39(35,36)16-18-9-7-6-8-10-18)23(20)30-26(31-25)29-21-12-11-19(15-22(21)37-4)24(33)28-17-27(2,3)34/h6-15,34H,5,16-17H2,1-4H3,(H,28,33)(H,29,30,31). The summed E-state index contributed by atoms with van der Waals surface area (Å²) in [4.78, 5) is 21.5. The van der Waals surface area contributed by atoms with E-state index in [1.807, 2.05) is 6.07 Å². The zero-order valence-corrected chi connectivity index (χ0v) is 22.9. The van der Waals surface area contributed by atoms with Gasteiger partial charge in [-0.25, -0.2) is 12.4 Å². The molecule has 2 aromatic heterocycles. The molecule has 2 heterocycles. The first kappa shape index (κ1) is 27.9. The number of amides is 1. The molecule has 0 fully saturated rings. The van der Waals surface area contributed by atoms with Crippen molar-refractivity contribution in [2.75, 3.05) is 25.6 Å². The third kappa shape index (κ3) is 6.65. The number of carbonyl (C=O) groups excluding carboxylic acids is 1. The molecule has 0 bridgehead atoms. The van der Waals surface area contributed by atoms with E-state index in [-0.39, 0.29) is 35.7 Å². The van der Waals surface area contributed by atoms with Crippen LogP contribution in [0, 0.1) is 0 Å². The molecule has 0 radical (unpaired) electrons. The van der Waals surface area contributed by atoms with Crippen molar-refractivity contribution in [3.8, 4) is 11.6 Å². The zero-order valence-electron chi connectivity index (χ0n) is 22.1. The smallest absolute Gasteiger partial charge is 0.251 e. The van der Waals surface area contributed by atoms with E-state index < -0.39 is 15.6 Å². The predicted octanol–water partition coefficient (Wildman–Crippen LogP) is 3.46. The molecule has 206 valence electrons. The van der Waals surface area contributed by atoms with Crippen molar-refractivity contribution < 1.29 is 27.8 Å². The van der Waals surface area contributed by atoms with Crippen LogP contribution < -0.4 is 20.1 Å². The van der Waals surface area contributed by atoms with Gasteiger partial charge in [-0.1, -0.05) is 30.3 Å². The van der Waals surface area contributed by atoms with Gasteiger partial charge in [-0.15, -0.1) is 0 Å². The Morgan fingerprint density at radius 3 is 2.51 bits per heavy atom. The number of anilines is 2. The Bertz CT molecular complexity index is 1580. The van der Waals surface area contributed by atoms with Crippen molar-refractivity contribution >= 4 is 38.6 Å². The van der Waals surface area contributed by atoms with Gasteiger partial charge in [-0.05, 0) is 50.6 Å². The van der Waals surface area contributed by atoms with Gasteiger partial charge in [0.2, 0.25) is 21.9 Å². The third-order valence-corrected chi connectivity index (χ3v) is 7.23. The summed E-state index contributed by atoms with van der Waals surface area (Å²) in [5.41, 5.74) is 0.529. The molecule has 0 aliphatic carbocycles. The molecular weight excluding hydrogens is 522 g/mol. The molecule has 12 heteroatoms. The minimum atomic E-state index is -3.81. The number of nitrogens with one attached hydrogen (secondary N) is 2. The average molecular weight is 554 g/mol. The third-order valence-electron chi connectivity index (χ3n) is 5.64. The number of fused-ring (bicyclic) bond motifs is 1. The summed E-state index contributed by atoms with van der Waals surface area (Å²) in [5, 5.41) is 16.0. The highest BCUT2D eigenvalue weighted by molar-refractivity contribution is 7.89. The number of hydrogen-bond acceptors (Lipinski definition) is 9. The first-order valence-corrected chi connectivity index (χ1v) is 13.9. The Balaban J connectivity index is 1.68. The van der Waals surface area contributed by atoms with Gasteiger partial charge in [-0.3, -0.25) is 4.79 Å². The molecule has 0 spiro atoms. The number of aromatic nitrogens is 3. The summed E-state index contributed by atoms with van der Waals surface area (Å²) in [7, 11) is -2.35. The lowest BCUT2D eigenvalue weighted by Gasteiger charge is -2.18. The molecular formula is C27H31N5O6S. The van der Waals surface area contributed by atoms with Crippen LogP contribution in [0.4, 0.5) is 11.6 Å². The largest absolute Gasteiger partial charge is 0.495 e. The van der Waals surface area contributed by atoms with Crippen LogP contribution in [0.5, 0.6) is 11.6 Å². The lowest BCUT2D eigenvalue weighted by Crippen LogP contribution is -2.38. The number of hydrogen-bond donors (Lipinski definition) is 3. The fourth-order valence-corrected chi connectivity index (χ4v) is 5.20. The Morgan fingerprint density at radius 1 is 1.10 bits per heavy atom. The maximum atomic E-state index is 13.3. The van der Waals surface area contributed by atoms with Gasteiger partial charge in [0, 0.05) is 18.3 Å². The molecule has 4 aromatic rings. The Labute approximate surface area is 226 Å². The van der Waals surface area contributed by atoms with Gasteiger partial charge >= 0.3 is 0 Å². The Kier molecular flexibility index (Phi) is 8.07. The first-order valence-electron chi connectivity index (χ1n) is 12.3. The maximum Gasteiger partial charge on any atom is 0.251 e. The molecule has 1 amide bonds. The van der Waals surface area contributed by atoms with Crippen LogP contribution in [0.2, 0.25) is 0 Å². The second-order valence-corrected chi connectivity index (χ2v) is 11.3. The monoisotopic (exact) mass is 553 g/mol. The van der Waals surface area contributed by atoms with E-state index in [0.29, 0.717) is 34.6 Å². The lowest BCUT2D eigenvalue weighted by atomic mass is 10.1. The molecule has 0 aliphatic rings. The van der Waals surface area contributed by atoms with Crippen LogP contribution in [0.1, 0.15) is 36.7 Å². The van der Waals surface area contributed by atoms with Crippen LogP contribution in [-0.2, 0) is 15.8 Å². The van der Waals surface area contributed by atoms with Crippen molar-refractivity contribution in [2.24, 2.45) is 0 Å². The van der Waals surface area contributed by atoms with Crippen molar-refractivity contribution in [2.45, 2.75) is 32.1 Å². The molecule has 2 aromatic carbocycles. The van der Waals surface area contributed by atoms with E-state index >= 15 is 0 Å². The quantitative estimate of drug-likeness (QED) is 0.254. The second-order valence-electron chi connectivity index (χ2n) is 9.41. The van der Waals surface area contributed by atoms with Crippen LogP contribution >= 0.6 is 0 Å². The molecule has 39 heavy (non-hydrogen) atoms. The van der Waals surface area contributed by atoms with E-state index in [1.165, 1.54) is 19.4 Å². The summed E-state index contributed by atoms with van der Waals surface area (Å²) in [6.07, 6.45) is 1.44. The Hall–Kier alpha value is -4.16. The van der Waals surface area contributed by atoms with Crippen molar-refractivity contribution in [3.63, 3.8) is 0 Å². The molecule has 0 saturated carbocycles. The number of carbonyl (C=O) groups is 1. The number of rotatable bonds is 11. The molecule has 0 unspecified atom stereocenters. The summed E-state index contributed by atoms with van der Waals surface area (Å²) in [6, 6.07) is 15.2. The highest BCUT2D eigenvalue weighted by Crippen LogP contribution is 2.31. The van der Waals surface area contributed by atoms with Gasteiger partial charge in [0.05, 0.1) is 36.1 Å². The van der Waals surface area contributed by atoms with Crippen LogP contribution in [0.3, 0.4) is 0 Å². The van der Waals surface area contributed by atoms with E-state index in [0.717, 1.165) is 3.97 Å². The van der Waals surface area contributed by atoms with E-state index in [9.17, 15) is 18.3 Å². The topological polar surface area (TPSA) is 145 Å². The molecule has 4 rings (SSSR count). The average Bonchev–Trinajstić information content (AvgIpc) is 3.33. The van der Waals surface area contributed by atoms with E-state index in [2.05, 4.69) is 20.6 Å². The first-order chi connectivity index (χ1) is 18.5. The highest BCUT2D eigenvalue weighted by atomic mass is 32.2. The summed E-state index contributed by atoms with van der Waals surface area (Å²) in [6.45, 7) is 5.38. The minimum Gasteiger partial charge on any atom is -0.495 e. The molecule has 0 aliphatic heterocycles. The lowest BCUT2D eigenvalue weighted by molar-refractivity contribution is 0.0694. The van der Waals surface area contributed by atoms with Gasteiger partial charge < -0.3 is 25.2 Å². The van der Waals surface area contributed by atoms with Crippen LogP contribution in [0.25, 0.3) is 11.0 Å². The van der Waals surface area contributed by atoms with Gasteiger partial charge in [0.1, 0.15) is 5.75 Å².